The minimum absolute atomic E-state index is 0.329. The maximum atomic E-state index is 13.2. The molecule has 4 rings (SSSR count). The van der Waals surface area contributed by atoms with Gasteiger partial charge in [0.1, 0.15) is 0 Å². The lowest BCUT2D eigenvalue weighted by Crippen LogP contribution is -2.49. The van der Waals surface area contributed by atoms with Crippen LogP contribution in [0.2, 0.25) is 10.0 Å². The lowest BCUT2D eigenvalue weighted by molar-refractivity contribution is 0.0190. The molecule has 0 bridgehead atoms. The van der Waals surface area contributed by atoms with E-state index >= 15 is 0 Å². The van der Waals surface area contributed by atoms with E-state index in [1.165, 1.54) is 0 Å². The normalized spacial score (nSPS) is 20.2. The zero-order chi connectivity index (χ0) is 22.0. The summed E-state index contributed by atoms with van der Waals surface area (Å²) in [5, 5.41) is 0.973. The van der Waals surface area contributed by atoms with Gasteiger partial charge in [0.25, 0.3) is 0 Å². The van der Waals surface area contributed by atoms with Gasteiger partial charge in [0.05, 0.1) is 21.0 Å². The molecule has 0 amide bonds. The first-order chi connectivity index (χ1) is 14.9. The van der Waals surface area contributed by atoms with Crippen LogP contribution in [-0.4, -0.2) is 63.1 Å². The van der Waals surface area contributed by atoms with E-state index in [4.69, 9.17) is 27.9 Å². The largest absolute Gasteiger partial charge is 0.381 e. The highest BCUT2D eigenvalue weighted by atomic mass is 35.5. The van der Waals surface area contributed by atoms with E-state index < -0.39 is 10.0 Å². The predicted molar refractivity (Wildman–Crippen MR) is 125 cm³/mol. The first-order valence-electron chi connectivity index (χ1n) is 10.7. The van der Waals surface area contributed by atoms with E-state index in [1.807, 2.05) is 18.2 Å². The van der Waals surface area contributed by atoms with Crippen molar-refractivity contribution in [2.24, 2.45) is 0 Å². The van der Waals surface area contributed by atoms with Crippen LogP contribution in [0, 0.1) is 0 Å². The number of likely N-dealkylation sites (tertiary alicyclic amines) is 1. The number of sulfonamides is 1. The van der Waals surface area contributed by atoms with Crippen LogP contribution in [0.3, 0.4) is 0 Å². The summed E-state index contributed by atoms with van der Waals surface area (Å²) in [6, 6.07) is 12.8. The molecule has 0 atom stereocenters. The predicted octanol–water partition coefficient (Wildman–Crippen LogP) is 4.92. The number of benzene rings is 2. The Bertz CT molecular complexity index is 998. The molecule has 2 saturated heterocycles. The van der Waals surface area contributed by atoms with Crippen molar-refractivity contribution in [1.29, 1.82) is 0 Å². The summed E-state index contributed by atoms with van der Waals surface area (Å²) in [6.07, 6.45) is 4.22. The average Bonchev–Trinajstić information content (AvgIpc) is 2.81. The lowest BCUT2D eigenvalue weighted by Gasteiger charge is -2.41. The summed E-state index contributed by atoms with van der Waals surface area (Å²) in [5.41, 5.74) is 1.80. The Kier molecular flexibility index (Phi) is 7.26. The Labute approximate surface area is 194 Å². The highest BCUT2D eigenvalue weighted by Crippen LogP contribution is 2.30. The van der Waals surface area contributed by atoms with Gasteiger partial charge in [-0.1, -0.05) is 41.4 Å². The lowest BCUT2D eigenvalue weighted by atomic mass is 10.00. The van der Waals surface area contributed by atoms with Gasteiger partial charge < -0.3 is 9.64 Å². The van der Waals surface area contributed by atoms with Crippen molar-refractivity contribution < 1.29 is 13.2 Å². The molecule has 2 fully saturated rings. The Morgan fingerprint density at radius 3 is 2.03 bits per heavy atom. The summed E-state index contributed by atoms with van der Waals surface area (Å²) < 4.78 is 33.4. The van der Waals surface area contributed by atoms with Crippen LogP contribution in [0.5, 0.6) is 0 Å². The zero-order valence-corrected chi connectivity index (χ0v) is 20.0. The van der Waals surface area contributed by atoms with Gasteiger partial charge in [0.15, 0.2) is 0 Å². The molecular weight excluding hydrogens is 455 g/mol. The fourth-order valence-corrected chi connectivity index (χ4v) is 6.34. The third kappa shape index (κ3) is 5.10. The Morgan fingerprint density at radius 2 is 1.45 bits per heavy atom. The molecule has 0 N–H and O–H groups in total. The maximum absolute atomic E-state index is 13.2. The number of piperidine rings is 2. The van der Waals surface area contributed by atoms with E-state index in [-0.39, 0.29) is 0 Å². The highest BCUT2D eigenvalue weighted by molar-refractivity contribution is 7.89. The second-order valence-electron chi connectivity index (χ2n) is 8.26. The Morgan fingerprint density at radius 1 is 0.839 bits per heavy atom. The SMILES string of the molecule is COC1CCN(C2CCN(S(=O)(=O)c3ccc(-c4ccc(Cl)c(Cl)c4)cc3)CC2)CC1. The third-order valence-corrected chi connectivity index (χ3v) is 9.15. The van der Waals surface area contributed by atoms with Gasteiger partial charge in [0, 0.05) is 39.3 Å². The Hall–Kier alpha value is -1.15. The van der Waals surface area contributed by atoms with Crippen molar-refractivity contribution in [2.75, 3.05) is 33.3 Å². The van der Waals surface area contributed by atoms with Crippen LogP contribution < -0.4 is 0 Å². The summed E-state index contributed by atoms with van der Waals surface area (Å²) in [4.78, 5) is 2.83. The van der Waals surface area contributed by atoms with Gasteiger partial charge >= 0.3 is 0 Å². The molecule has 0 spiro atoms. The standard InChI is InChI=1S/C23H28Cl2N2O3S/c1-30-20-10-12-26(13-11-20)19-8-14-27(15-9-19)31(28,29)21-5-2-17(3-6-21)18-4-7-22(24)23(25)16-18/h2-7,16,19-20H,8-15H2,1H3. The topological polar surface area (TPSA) is 49.9 Å². The van der Waals surface area contributed by atoms with Gasteiger partial charge in [-0.25, -0.2) is 8.42 Å². The van der Waals surface area contributed by atoms with E-state index in [9.17, 15) is 8.42 Å². The van der Waals surface area contributed by atoms with Gasteiger partial charge in [0.2, 0.25) is 10.0 Å². The molecule has 31 heavy (non-hydrogen) atoms. The maximum Gasteiger partial charge on any atom is 0.243 e. The fraction of sp³-hybridized carbons (Fsp3) is 0.478. The van der Waals surface area contributed by atoms with Crippen LogP contribution in [0.15, 0.2) is 47.4 Å². The van der Waals surface area contributed by atoms with Gasteiger partial charge in [-0.3, -0.25) is 0 Å². The molecule has 0 saturated carbocycles. The molecule has 0 radical (unpaired) electrons. The van der Waals surface area contributed by atoms with Crippen molar-refractivity contribution in [3.63, 3.8) is 0 Å². The summed E-state index contributed by atoms with van der Waals surface area (Å²) in [5.74, 6) is 0. The summed E-state index contributed by atoms with van der Waals surface area (Å²) >= 11 is 12.1. The minimum Gasteiger partial charge on any atom is -0.381 e. The number of hydrogen-bond donors (Lipinski definition) is 0. The number of rotatable bonds is 5. The van der Waals surface area contributed by atoms with Gasteiger partial charge in [-0.05, 0) is 61.1 Å². The van der Waals surface area contributed by atoms with E-state index in [0.29, 0.717) is 40.2 Å². The van der Waals surface area contributed by atoms with E-state index in [0.717, 1.165) is 49.9 Å². The fourth-order valence-electron chi connectivity index (χ4n) is 4.57. The number of methoxy groups -OCH3 is 1. The Balaban J connectivity index is 1.39. The molecule has 0 aromatic heterocycles. The number of nitrogens with zero attached hydrogens (tertiary/aromatic N) is 2. The molecule has 2 heterocycles. The van der Waals surface area contributed by atoms with Crippen molar-refractivity contribution >= 4 is 33.2 Å². The van der Waals surface area contributed by atoms with Crippen LogP contribution in [0.25, 0.3) is 11.1 Å². The van der Waals surface area contributed by atoms with Gasteiger partial charge in [-0.2, -0.15) is 4.31 Å². The quantitative estimate of drug-likeness (QED) is 0.606. The van der Waals surface area contributed by atoms with Crippen molar-refractivity contribution in [2.45, 2.75) is 42.7 Å². The van der Waals surface area contributed by atoms with Crippen LogP contribution in [-0.2, 0) is 14.8 Å². The molecule has 168 valence electrons. The molecule has 0 unspecified atom stereocenters. The van der Waals surface area contributed by atoms with Crippen molar-refractivity contribution in [3.05, 3.63) is 52.5 Å². The molecule has 5 nitrogen and oxygen atoms in total. The molecule has 2 aromatic rings. The number of halogens is 2. The number of ether oxygens (including phenoxy) is 1. The molecular formula is C23H28Cl2N2O3S. The van der Waals surface area contributed by atoms with Crippen molar-refractivity contribution in [3.8, 4) is 11.1 Å². The molecule has 8 heteroatoms. The highest BCUT2D eigenvalue weighted by Gasteiger charge is 2.33. The smallest absolute Gasteiger partial charge is 0.243 e. The zero-order valence-electron chi connectivity index (χ0n) is 17.6. The average molecular weight is 483 g/mol. The second kappa shape index (κ2) is 9.77. The van der Waals surface area contributed by atoms with E-state index in [2.05, 4.69) is 4.90 Å². The van der Waals surface area contributed by atoms with Crippen LogP contribution >= 0.6 is 23.2 Å². The van der Waals surface area contributed by atoms with Crippen LogP contribution in [0.1, 0.15) is 25.7 Å². The molecule has 2 aliphatic heterocycles. The summed E-state index contributed by atoms with van der Waals surface area (Å²) in [7, 11) is -1.72. The van der Waals surface area contributed by atoms with Crippen LogP contribution in [0.4, 0.5) is 0 Å². The first kappa shape index (κ1) is 23.0. The third-order valence-electron chi connectivity index (χ3n) is 6.49. The monoisotopic (exact) mass is 482 g/mol. The first-order valence-corrected chi connectivity index (χ1v) is 12.9. The minimum atomic E-state index is -3.50. The summed E-state index contributed by atoms with van der Waals surface area (Å²) in [6.45, 7) is 3.19. The number of hydrogen-bond acceptors (Lipinski definition) is 4. The molecule has 2 aromatic carbocycles. The molecule has 0 aliphatic carbocycles. The van der Waals surface area contributed by atoms with E-state index in [1.54, 1.807) is 35.7 Å². The van der Waals surface area contributed by atoms with Crippen molar-refractivity contribution in [1.82, 2.24) is 9.21 Å². The van der Waals surface area contributed by atoms with Gasteiger partial charge in [-0.15, -0.1) is 0 Å². The molecule has 2 aliphatic rings. The second-order valence-corrected chi connectivity index (χ2v) is 11.0.